The molecule has 0 saturated carbocycles. The summed E-state index contributed by atoms with van der Waals surface area (Å²) in [5, 5.41) is 10.3. The largest absolute Gasteiger partial charge is 0.487 e. The van der Waals surface area contributed by atoms with E-state index in [0.717, 1.165) is 73.0 Å². The predicted octanol–water partition coefficient (Wildman–Crippen LogP) is 9.69. The molecule has 1 unspecified atom stereocenters. The van der Waals surface area contributed by atoms with Gasteiger partial charge in [-0.1, -0.05) is 26.0 Å². The molecule has 3 atom stereocenters. The van der Waals surface area contributed by atoms with Crippen molar-refractivity contribution in [1.29, 1.82) is 0 Å². The first-order valence-corrected chi connectivity index (χ1v) is 20.5. The fourth-order valence-electron chi connectivity index (χ4n) is 5.67. The first-order chi connectivity index (χ1) is 24.2. The molecule has 0 spiro atoms. The zero-order chi connectivity index (χ0) is 35.0. The molecule has 0 amide bonds. The lowest BCUT2D eigenvalue weighted by Gasteiger charge is -2.22. The fourth-order valence-corrected chi connectivity index (χ4v) is 8.29. The maximum Gasteiger partial charge on any atom is 0.162 e. The summed E-state index contributed by atoms with van der Waals surface area (Å²) < 4.78 is 25.1. The summed E-state index contributed by atoms with van der Waals surface area (Å²) in [5.41, 5.74) is 5.19. The molecule has 1 aliphatic rings. The van der Waals surface area contributed by atoms with Crippen LogP contribution in [0.3, 0.4) is 0 Å². The molecule has 0 N–H and O–H groups in total. The summed E-state index contributed by atoms with van der Waals surface area (Å²) in [6, 6.07) is 12.8. The quantitative estimate of drug-likeness (QED) is 0.0930. The van der Waals surface area contributed by atoms with E-state index in [1.807, 2.05) is 49.0 Å². The van der Waals surface area contributed by atoms with Crippen molar-refractivity contribution in [2.45, 2.75) is 80.2 Å². The number of hydrogen-bond acceptors (Lipinski definition) is 12. The maximum atomic E-state index is 6.33. The molecule has 264 valence electrons. The van der Waals surface area contributed by atoms with Gasteiger partial charge in [0.1, 0.15) is 26.4 Å². The Bertz CT molecular complexity index is 1900. The van der Waals surface area contributed by atoms with Gasteiger partial charge in [0.15, 0.2) is 23.0 Å². The number of thioether (sulfide) groups is 1. The first kappa shape index (κ1) is 36.3. The van der Waals surface area contributed by atoms with Crippen molar-refractivity contribution in [3.63, 3.8) is 0 Å². The minimum absolute atomic E-state index is 0.167. The Balaban J connectivity index is 1.12. The highest BCUT2D eigenvalue weighted by molar-refractivity contribution is 8.14. The van der Waals surface area contributed by atoms with Crippen LogP contribution in [0.25, 0.3) is 0 Å². The van der Waals surface area contributed by atoms with Gasteiger partial charge in [0.25, 0.3) is 0 Å². The molecule has 5 aromatic rings. The molecule has 0 fully saturated rings. The molecule has 0 aliphatic carbocycles. The van der Waals surface area contributed by atoms with E-state index in [9.17, 15) is 0 Å². The molecule has 4 heterocycles. The Morgan fingerprint density at radius 1 is 0.620 bits per heavy atom. The van der Waals surface area contributed by atoms with Crippen LogP contribution in [0, 0.1) is 32.6 Å². The van der Waals surface area contributed by atoms with Crippen LogP contribution in [-0.4, -0.2) is 38.4 Å². The molecule has 12 heteroatoms. The summed E-state index contributed by atoms with van der Waals surface area (Å²) in [5.74, 6) is 4.71. The highest BCUT2D eigenvalue weighted by Crippen LogP contribution is 2.34. The Labute approximate surface area is 311 Å². The van der Waals surface area contributed by atoms with E-state index in [-0.39, 0.29) is 6.04 Å². The topological polar surface area (TPSA) is 88.0 Å². The zero-order valence-electron chi connectivity index (χ0n) is 29.4. The Morgan fingerprint density at radius 2 is 1.06 bits per heavy atom. The highest BCUT2D eigenvalue weighted by Gasteiger charge is 2.20. The molecule has 0 saturated heterocycles. The van der Waals surface area contributed by atoms with Crippen molar-refractivity contribution >= 4 is 50.8 Å². The van der Waals surface area contributed by atoms with Crippen molar-refractivity contribution < 1.29 is 18.9 Å². The Kier molecular flexibility index (Phi) is 12.5. The van der Waals surface area contributed by atoms with Gasteiger partial charge in [-0.2, -0.15) is 0 Å². The van der Waals surface area contributed by atoms with Crippen molar-refractivity contribution in [2.75, 3.05) is 12.4 Å². The standard InChI is InChI=1S/C38H44N4O4S4/c1-23(11-29-7-9-35(43-15-31-19-47-25(3)39-31)37(13-29)45-17-33-21-49-27(5)41-33)24(2)12-30-8-10-36(44-16-32-20-48-26(4)40-32)38(14-30)46-18-34-22-50-28(6)42-34/h7-10,13-14,19,21-24,32H,11-12,15-18,20H2,1-6H3/t23-,24+,32?/m1/s1. The van der Waals surface area contributed by atoms with Crippen LogP contribution < -0.4 is 18.9 Å². The number of nitrogens with zero attached hydrogens (tertiary/aromatic N) is 4. The molecule has 2 aromatic carbocycles. The van der Waals surface area contributed by atoms with Crippen molar-refractivity contribution in [2.24, 2.45) is 16.8 Å². The van der Waals surface area contributed by atoms with E-state index in [1.54, 1.807) is 45.8 Å². The van der Waals surface area contributed by atoms with Crippen LogP contribution in [0.2, 0.25) is 0 Å². The van der Waals surface area contributed by atoms with Gasteiger partial charge in [-0.15, -0.1) is 45.8 Å². The zero-order valence-corrected chi connectivity index (χ0v) is 32.7. The third-order valence-corrected chi connectivity index (χ3v) is 12.1. The smallest absolute Gasteiger partial charge is 0.162 e. The van der Waals surface area contributed by atoms with Crippen molar-refractivity contribution in [3.8, 4) is 23.0 Å². The molecule has 0 bridgehead atoms. The van der Waals surface area contributed by atoms with E-state index in [0.29, 0.717) is 44.0 Å². The second-order valence-electron chi connectivity index (χ2n) is 12.8. The number of aliphatic imine (C=N–C) groups is 1. The number of aromatic nitrogens is 3. The van der Waals surface area contributed by atoms with E-state index in [4.69, 9.17) is 18.9 Å². The van der Waals surface area contributed by atoms with Crippen LogP contribution in [0.1, 0.15) is 64.0 Å². The van der Waals surface area contributed by atoms with Gasteiger partial charge in [-0.25, -0.2) is 15.0 Å². The minimum atomic E-state index is 0.167. The number of benzene rings is 2. The van der Waals surface area contributed by atoms with E-state index < -0.39 is 0 Å². The van der Waals surface area contributed by atoms with Crippen molar-refractivity contribution in [3.05, 3.63) is 95.8 Å². The molecule has 1 aliphatic heterocycles. The fraction of sp³-hybridized carbons (Fsp3) is 0.421. The Morgan fingerprint density at radius 3 is 1.46 bits per heavy atom. The average Bonchev–Trinajstić information content (AvgIpc) is 3.91. The minimum Gasteiger partial charge on any atom is -0.487 e. The van der Waals surface area contributed by atoms with Gasteiger partial charge < -0.3 is 18.9 Å². The van der Waals surface area contributed by atoms with Gasteiger partial charge in [-0.05, 0) is 87.8 Å². The second-order valence-corrected chi connectivity index (χ2v) is 17.2. The van der Waals surface area contributed by atoms with E-state index >= 15 is 0 Å². The molecule has 3 aromatic heterocycles. The summed E-state index contributed by atoms with van der Waals surface area (Å²) >= 11 is 6.68. The van der Waals surface area contributed by atoms with Gasteiger partial charge in [0, 0.05) is 21.9 Å². The molecule has 6 rings (SSSR count). The van der Waals surface area contributed by atoms with Crippen LogP contribution in [0.15, 0.2) is 57.5 Å². The summed E-state index contributed by atoms with van der Waals surface area (Å²) in [7, 11) is 0. The van der Waals surface area contributed by atoms with Crippen LogP contribution in [-0.2, 0) is 32.7 Å². The number of rotatable bonds is 17. The Hall–Kier alpha value is -3.45. The van der Waals surface area contributed by atoms with Gasteiger partial charge in [0.05, 0.1) is 43.2 Å². The number of aryl methyl sites for hydroxylation is 3. The van der Waals surface area contributed by atoms with Crippen LogP contribution in [0.4, 0.5) is 0 Å². The third kappa shape index (κ3) is 10.3. The van der Waals surface area contributed by atoms with Gasteiger partial charge in [0.2, 0.25) is 0 Å². The molecule has 50 heavy (non-hydrogen) atoms. The molecular formula is C38H44N4O4S4. The predicted molar refractivity (Wildman–Crippen MR) is 207 cm³/mol. The molecular weight excluding hydrogens is 705 g/mol. The van der Waals surface area contributed by atoms with Gasteiger partial charge >= 0.3 is 0 Å². The summed E-state index contributed by atoms with van der Waals surface area (Å²) in [6.07, 6.45) is 1.82. The van der Waals surface area contributed by atoms with Crippen LogP contribution >= 0.6 is 45.8 Å². The number of thiazole rings is 3. The number of hydrogen-bond donors (Lipinski definition) is 0. The first-order valence-electron chi connectivity index (χ1n) is 16.8. The lowest BCUT2D eigenvalue weighted by Crippen LogP contribution is -2.16. The maximum absolute atomic E-state index is 6.33. The lowest BCUT2D eigenvalue weighted by molar-refractivity contribution is 0.252. The van der Waals surface area contributed by atoms with E-state index in [2.05, 4.69) is 65.0 Å². The monoisotopic (exact) mass is 748 g/mol. The van der Waals surface area contributed by atoms with Gasteiger partial charge in [-0.3, -0.25) is 4.99 Å². The van der Waals surface area contributed by atoms with Crippen LogP contribution in [0.5, 0.6) is 23.0 Å². The second kappa shape index (κ2) is 17.2. The lowest BCUT2D eigenvalue weighted by atomic mass is 9.85. The van der Waals surface area contributed by atoms with E-state index in [1.165, 1.54) is 11.1 Å². The summed E-state index contributed by atoms with van der Waals surface area (Å²) in [6.45, 7) is 14.4. The molecule has 8 nitrogen and oxygen atoms in total. The SMILES string of the molecule is CC1=NC(COc2ccc(C[C@H](C)[C@H](C)Cc3ccc(OCc4csc(C)n4)c(OCc4csc(C)n4)c3)cc2OCc2csc(C)n2)CS1. The van der Waals surface area contributed by atoms with Crippen molar-refractivity contribution in [1.82, 2.24) is 15.0 Å². The highest BCUT2D eigenvalue weighted by atomic mass is 32.2. The number of ether oxygens (including phenoxy) is 4. The average molecular weight is 749 g/mol. The summed E-state index contributed by atoms with van der Waals surface area (Å²) in [4.78, 5) is 18.4. The molecule has 0 radical (unpaired) electrons. The third-order valence-electron chi connectivity index (χ3n) is 8.51. The normalized spacial score (nSPS) is 15.5.